The Morgan fingerprint density at radius 3 is 0.875 bits per heavy atom. The quantitative estimate of drug-likeness (QED) is 0.255. The Morgan fingerprint density at radius 1 is 0.875 bits per heavy atom. The van der Waals surface area contributed by atoms with E-state index in [1.807, 2.05) is 0 Å². The molecule has 0 aromatic carbocycles. The summed E-state index contributed by atoms with van der Waals surface area (Å²) in [6, 6.07) is 0. The van der Waals surface area contributed by atoms with Gasteiger partial charge in [0.25, 0.3) is 0 Å². The van der Waals surface area contributed by atoms with E-state index in [0.29, 0.717) is 0 Å². The van der Waals surface area contributed by atoms with Gasteiger partial charge in [0, 0.05) is 0 Å². The van der Waals surface area contributed by atoms with Gasteiger partial charge in [-0.05, 0) is 0 Å². The summed E-state index contributed by atoms with van der Waals surface area (Å²) < 4.78 is 0. The van der Waals surface area contributed by atoms with Gasteiger partial charge in [-0.15, -0.1) is 0 Å². The van der Waals surface area contributed by atoms with Crippen LogP contribution >= 0.6 is 0 Å². The third kappa shape index (κ3) is 118. The maximum absolute atomic E-state index is 7.33. The van der Waals surface area contributed by atoms with Crippen molar-refractivity contribution in [3.05, 3.63) is 0 Å². The first-order valence-electron chi connectivity index (χ1n) is 0.894. The Morgan fingerprint density at radius 2 is 0.875 bits per heavy atom. The number of hydrogen-bond acceptors (Lipinski definition) is 4. The second-order valence-corrected chi connectivity index (χ2v) is 1.80. The van der Waals surface area contributed by atoms with Crippen LogP contribution in [0.1, 0.15) is 0 Å². The summed E-state index contributed by atoms with van der Waals surface area (Å²) in [4.78, 5) is 29.3. The first kappa shape index (κ1) is 22.6. The zero-order valence-electron chi connectivity index (χ0n) is 2.29. The van der Waals surface area contributed by atoms with E-state index >= 15 is 0 Å². The van der Waals surface area contributed by atoms with Crippen LogP contribution in [0.2, 0.25) is 0 Å². The monoisotopic (exact) mass is 142 g/mol. The van der Waals surface area contributed by atoms with E-state index in [1.165, 1.54) is 0 Å². The fourth-order valence-corrected chi connectivity index (χ4v) is 0. The summed E-state index contributed by atoms with van der Waals surface area (Å²) in [5.41, 5.74) is 0. The van der Waals surface area contributed by atoms with Crippen molar-refractivity contribution in [2.24, 2.45) is 0 Å². The zero-order valence-corrected chi connectivity index (χ0v) is 3.29. The third-order valence-corrected chi connectivity index (χ3v) is 0. The van der Waals surface area contributed by atoms with Gasteiger partial charge in [0.2, 0.25) is 0 Å². The molecule has 0 unspecified atom stereocenters. The molecule has 0 fully saturated rings. The topological polar surface area (TPSA) is 80.9 Å². The maximum atomic E-state index is 7.33. The van der Waals surface area contributed by atoms with Crippen LogP contribution in [0, 0.1) is 0 Å². The molecule has 0 bridgehead atoms. The molecule has 0 radical (unpaired) electrons. The molecule has 0 rings (SSSR count). The molecule has 0 aromatic heterocycles. The molecule has 0 atom stereocenters. The molecule has 8 heteroatoms. The summed E-state index contributed by atoms with van der Waals surface area (Å²) in [6.45, 7) is 0. The molecule has 0 saturated carbocycles. The van der Waals surface area contributed by atoms with Gasteiger partial charge in [0.15, 0.2) is 0 Å². The van der Waals surface area contributed by atoms with E-state index < -0.39 is 9.05 Å². The van der Waals surface area contributed by atoms with E-state index in [0.717, 1.165) is 0 Å². The average molecular weight is 142 g/mol. The summed E-state index contributed by atoms with van der Waals surface area (Å²) in [5, 5.41) is 0. The second kappa shape index (κ2) is 8.72. The Hall–Kier alpha value is 1.72. The van der Waals surface area contributed by atoms with Gasteiger partial charge < -0.3 is 19.2 Å². The van der Waals surface area contributed by atoms with Crippen molar-refractivity contribution in [2.75, 3.05) is 0 Å². The van der Waals surface area contributed by atoms with Crippen LogP contribution in [0.4, 0.5) is 0 Å². The summed E-state index contributed by atoms with van der Waals surface area (Å²) in [6.07, 6.45) is 0. The van der Waals surface area contributed by atoms with Crippen molar-refractivity contribution in [3.63, 3.8) is 0 Å². The number of hydrogen-bond donors (Lipinski definition) is 4. The Labute approximate surface area is 84.5 Å². The Kier molecular flexibility index (Phi) is 24.6. The van der Waals surface area contributed by atoms with Gasteiger partial charge in [0.05, 0.1) is 8.41 Å². The molecule has 0 aliphatic rings. The normalized spacial score (nSPS) is 7.50. The third-order valence-electron chi connectivity index (χ3n) is 0. The van der Waals surface area contributed by atoms with Crippen molar-refractivity contribution in [1.82, 2.24) is 0 Å². The van der Waals surface area contributed by atoms with Crippen molar-refractivity contribution < 1.29 is 19.2 Å². The Bertz CT molecular complexity index is 31.5. The fraction of sp³-hybridized carbons (Fsp3) is 0. The van der Waals surface area contributed by atoms with Crippen molar-refractivity contribution >= 4 is 65.9 Å². The van der Waals surface area contributed by atoms with Gasteiger partial charge in [-0.1, -0.05) is 0 Å². The summed E-state index contributed by atoms with van der Waals surface area (Å²) >= 11 is 0. The van der Waals surface area contributed by atoms with Crippen LogP contribution in [0.3, 0.4) is 0 Å². The second-order valence-electron chi connectivity index (χ2n) is 0.600. The predicted molar refractivity (Wildman–Crippen MR) is 38.9 cm³/mol. The van der Waals surface area contributed by atoms with Crippen LogP contribution in [-0.4, -0.2) is 85.1 Å². The SMILES string of the molecule is B.O[Si](O)(O)O.[LiH].[NaH]. The molecule has 0 aliphatic carbocycles. The van der Waals surface area contributed by atoms with E-state index in [-0.39, 0.29) is 56.8 Å². The van der Waals surface area contributed by atoms with Crippen molar-refractivity contribution in [2.45, 2.75) is 0 Å². The van der Waals surface area contributed by atoms with Gasteiger partial charge in [0.1, 0.15) is 0 Å². The van der Waals surface area contributed by atoms with E-state index in [9.17, 15) is 0 Å². The minimum atomic E-state index is -4.61. The van der Waals surface area contributed by atoms with Crippen LogP contribution in [-0.2, 0) is 0 Å². The fourth-order valence-electron chi connectivity index (χ4n) is 0. The first-order chi connectivity index (χ1) is 2.00. The molecule has 8 heavy (non-hydrogen) atoms. The molecule has 4 nitrogen and oxygen atoms in total. The zero-order chi connectivity index (χ0) is 4.50. The molecule has 0 aliphatic heterocycles. The molecule has 0 spiro atoms. The van der Waals surface area contributed by atoms with Crippen molar-refractivity contribution in [1.29, 1.82) is 0 Å². The molecule has 0 heterocycles. The Balaban J connectivity index is -0.0000000267. The van der Waals surface area contributed by atoms with Crippen LogP contribution in [0.5, 0.6) is 0 Å². The molecule has 0 aromatic rings. The summed E-state index contributed by atoms with van der Waals surface area (Å²) in [7, 11) is -4.61. The van der Waals surface area contributed by atoms with Crippen LogP contribution in [0.15, 0.2) is 0 Å². The van der Waals surface area contributed by atoms with Gasteiger partial charge in [-0.3, -0.25) is 0 Å². The standard InChI is InChI=1S/BH3.Li.Na.H4O4Si.2H/c;;;1-5(2,3)4;;/h1H3;;;1-4H;;. The average Bonchev–Trinajstić information content (AvgIpc) is 0.722. The first-order valence-corrected chi connectivity index (χ1v) is 2.68. The summed E-state index contributed by atoms with van der Waals surface area (Å²) in [5.74, 6) is 0. The molecule has 4 N–H and O–H groups in total. The molecule has 42 valence electrons. The van der Waals surface area contributed by atoms with Gasteiger partial charge in [-0.2, -0.15) is 0 Å². The minimum absolute atomic E-state index is 0. The van der Waals surface area contributed by atoms with Gasteiger partial charge in [-0.25, -0.2) is 0 Å². The van der Waals surface area contributed by atoms with E-state index in [4.69, 9.17) is 19.2 Å². The van der Waals surface area contributed by atoms with E-state index in [1.54, 1.807) is 0 Å². The molecular weight excluding hydrogens is 133 g/mol. The molecule has 0 amide bonds. The van der Waals surface area contributed by atoms with Gasteiger partial charge >= 0.3 is 57.5 Å². The molecule has 0 saturated heterocycles. The van der Waals surface area contributed by atoms with Crippen LogP contribution < -0.4 is 0 Å². The van der Waals surface area contributed by atoms with Crippen LogP contribution in [0.25, 0.3) is 0 Å². The predicted octanol–water partition coefficient (Wildman–Crippen LogP) is -5.09. The molecular formula is H9BLiNaO4Si. The van der Waals surface area contributed by atoms with Crippen molar-refractivity contribution in [3.8, 4) is 0 Å². The van der Waals surface area contributed by atoms with E-state index in [2.05, 4.69) is 0 Å². The number of rotatable bonds is 0.